The van der Waals surface area contributed by atoms with Crippen LogP contribution in [0.15, 0.2) is 54.6 Å². The van der Waals surface area contributed by atoms with Crippen molar-refractivity contribution in [2.75, 3.05) is 7.05 Å². The number of benzene rings is 2. The van der Waals surface area contributed by atoms with Crippen LogP contribution in [0.25, 0.3) is 16.3 Å². The number of rotatable bonds is 4. The van der Waals surface area contributed by atoms with Crippen LogP contribution in [0.5, 0.6) is 0 Å². The van der Waals surface area contributed by atoms with Gasteiger partial charge in [-0.2, -0.15) is 0 Å². The lowest BCUT2D eigenvalue weighted by Gasteiger charge is -2.21. The number of thiazole rings is 1. The number of carbonyl (C=O) groups excluding carboxylic acids is 1. The van der Waals surface area contributed by atoms with E-state index in [1.165, 1.54) is 18.2 Å². The van der Waals surface area contributed by atoms with Crippen molar-refractivity contribution < 1.29 is 9.18 Å². The number of para-hydroxylation sites is 1. The summed E-state index contributed by atoms with van der Waals surface area (Å²) < 4.78 is 14.7. The van der Waals surface area contributed by atoms with Crippen LogP contribution in [0.4, 0.5) is 4.39 Å². The number of aromatic nitrogens is 1. The first kappa shape index (κ1) is 16.3. The standard InChI is InChI=1S/C19H17FN2OS/c1-13(19-21-16-9-5-6-10-17(16)24-19)22(2)18(23)12-11-14-7-3-4-8-15(14)20/h3-13H,1-2H3/b12-11+/t13-/m1/s1. The third-order valence-electron chi connectivity index (χ3n) is 3.91. The molecule has 0 spiro atoms. The molecule has 122 valence electrons. The molecule has 1 aromatic heterocycles. The molecule has 0 radical (unpaired) electrons. The van der Waals surface area contributed by atoms with E-state index < -0.39 is 0 Å². The molecule has 0 aliphatic carbocycles. The van der Waals surface area contributed by atoms with Gasteiger partial charge in [-0.3, -0.25) is 4.79 Å². The van der Waals surface area contributed by atoms with Gasteiger partial charge in [-0.05, 0) is 31.2 Å². The van der Waals surface area contributed by atoms with Gasteiger partial charge in [-0.15, -0.1) is 11.3 Å². The lowest BCUT2D eigenvalue weighted by Crippen LogP contribution is -2.27. The molecular weight excluding hydrogens is 323 g/mol. The summed E-state index contributed by atoms with van der Waals surface area (Å²) in [6.07, 6.45) is 2.89. The predicted molar refractivity (Wildman–Crippen MR) is 96.2 cm³/mol. The summed E-state index contributed by atoms with van der Waals surface area (Å²) in [6, 6.07) is 14.1. The lowest BCUT2D eigenvalue weighted by molar-refractivity contribution is -0.126. The van der Waals surface area contributed by atoms with Crippen LogP contribution >= 0.6 is 11.3 Å². The van der Waals surface area contributed by atoms with Gasteiger partial charge < -0.3 is 4.90 Å². The van der Waals surface area contributed by atoms with Crippen LogP contribution in [0, 0.1) is 5.82 Å². The van der Waals surface area contributed by atoms with Crippen molar-refractivity contribution in [3.05, 3.63) is 71.0 Å². The van der Waals surface area contributed by atoms with Crippen molar-refractivity contribution in [2.45, 2.75) is 13.0 Å². The average Bonchev–Trinajstić information content (AvgIpc) is 3.03. The second kappa shape index (κ2) is 6.93. The molecular formula is C19H17FN2OS. The summed E-state index contributed by atoms with van der Waals surface area (Å²) in [5.74, 6) is -0.534. The largest absolute Gasteiger partial charge is 0.333 e. The van der Waals surface area contributed by atoms with E-state index in [0.29, 0.717) is 5.56 Å². The number of likely N-dealkylation sites (N-methyl/N-ethyl adjacent to an activating group) is 1. The zero-order valence-electron chi connectivity index (χ0n) is 13.4. The number of fused-ring (bicyclic) bond motifs is 1. The number of hydrogen-bond acceptors (Lipinski definition) is 3. The Morgan fingerprint density at radius 1 is 1.21 bits per heavy atom. The van der Waals surface area contributed by atoms with Gasteiger partial charge >= 0.3 is 0 Å². The van der Waals surface area contributed by atoms with Gasteiger partial charge in [-0.1, -0.05) is 30.3 Å². The molecule has 3 rings (SSSR count). The maximum absolute atomic E-state index is 13.6. The van der Waals surface area contributed by atoms with Gasteiger partial charge in [-0.25, -0.2) is 9.37 Å². The average molecular weight is 340 g/mol. The molecule has 0 aliphatic heterocycles. The molecule has 0 saturated carbocycles. The molecule has 3 nitrogen and oxygen atoms in total. The van der Waals surface area contributed by atoms with Gasteiger partial charge in [0.2, 0.25) is 5.91 Å². The second-order valence-electron chi connectivity index (χ2n) is 5.50. The van der Waals surface area contributed by atoms with E-state index in [0.717, 1.165) is 15.2 Å². The van der Waals surface area contributed by atoms with Gasteiger partial charge in [0.05, 0.1) is 16.3 Å². The summed E-state index contributed by atoms with van der Waals surface area (Å²) in [5, 5.41) is 0.881. The number of amides is 1. The molecule has 0 saturated heterocycles. The monoisotopic (exact) mass is 340 g/mol. The highest BCUT2D eigenvalue weighted by Crippen LogP contribution is 2.28. The molecule has 1 atom stereocenters. The van der Waals surface area contributed by atoms with Gasteiger partial charge in [0.15, 0.2) is 0 Å². The van der Waals surface area contributed by atoms with Crippen LogP contribution in [0.1, 0.15) is 23.5 Å². The Morgan fingerprint density at radius 2 is 1.92 bits per heavy atom. The third-order valence-corrected chi connectivity index (χ3v) is 5.11. The zero-order valence-corrected chi connectivity index (χ0v) is 14.3. The first-order chi connectivity index (χ1) is 11.6. The summed E-state index contributed by atoms with van der Waals surface area (Å²) in [5.41, 5.74) is 1.33. The van der Waals surface area contributed by atoms with Crippen molar-refractivity contribution in [1.82, 2.24) is 9.88 Å². The van der Waals surface area contributed by atoms with E-state index in [2.05, 4.69) is 4.98 Å². The normalized spacial score (nSPS) is 12.6. The summed E-state index contributed by atoms with van der Waals surface area (Å²) in [7, 11) is 1.73. The maximum Gasteiger partial charge on any atom is 0.246 e. The quantitative estimate of drug-likeness (QED) is 0.647. The van der Waals surface area contributed by atoms with Crippen molar-refractivity contribution >= 4 is 33.5 Å². The first-order valence-electron chi connectivity index (χ1n) is 7.61. The van der Waals surface area contributed by atoms with Crippen molar-refractivity contribution in [1.29, 1.82) is 0 Å². The number of carbonyl (C=O) groups is 1. The molecule has 0 N–H and O–H groups in total. The van der Waals surface area contributed by atoms with Crippen molar-refractivity contribution in [2.24, 2.45) is 0 Å². The summed E-state index contributed by atoms with van der Waals surface area (Å²) in [4.78, 5) is 18.5. The van der Waals surface area contributed by atoms with Crippen LogP contribution < -0.4 is 0 Å². The topological polar surface area (TPSA) is 33.2 Å². The third kappa shape index (κ3) is 3.36. The predicted octanol–water partition coefficient (Wildman–Crippen LogP) is 4.67. The smallest absolute Gasteiger partial charge is 0.246 e. The molecule has 5 heteroatoms. The summed E-state index contributed by atoms with van der Waals surface area (Å²) in [6.45, 7) is 1.94. The number of nitrogens with zero attached hydrogens (tertiary/aromatic N) is 2. The van der Waals surface area contributed by atoms with Gasteiger partial charge in [0.1, 0.15) is 10.8 Å². The molecule has 1 amide bonds. The molecule has 0 bridgehead atoms. The second-order valence-corrected chi connectivity index (χ2v) is 6.56. The van der Waals surface area contributed by atoms with Gasteiger partial charge in [0, 0.05) is 18.7 Å². The Hall–Kier alpha value is -2.53. The summed E-state index contributed by atoms with van der Waals surface area (Å²) >= 11 is 1.58. The molecule has 0 unspecified atom stereocenters. The highest BCUT2D eigenvalue weighted by Gasteiger charge is 2.19. The Labute approximate surface area is 144 Å². The minimum Gasteiger partial charge on any atom is -0.333 e. The molecule has 2 aromatic carbocycles. The Bertz CT molecular complexity index is 870. The first-order valence-corrected chi connectivity index (χ1v) is 8.43. The minimum atomic E-state index is -0.344. The van der Waals surface area contributed by atoms with Crippen LogP contribution in [0.3, 0.4) is 0 Å². The fourth-order valence-corrected chi connectivity index (χ4v) is 3.38. The van der Waals surface area contributed by atoms with Crippen LogP contribution in [-0.2, 0) is 4.79 Å². The Balaban J connectivity index is 1.76. The van der Waals surface area contributed by atoms with Crippen molar-refractivity contribution in [3.63, 3.8) is 0 Å². The van der Waals surface area contributed by atoms with E-state index in [1.54, 1.807) is 41.5 Å². The fraction of sp³-hybridized carbons (Fsp3) is 0.158. The molecule has 0 fully saturated rings. The molecule has 1 heterocycles. The van der Waals surface area contributed by atoms with E-state index in [9.17, 15) is 9.18 Å². The van der Waals surface area contributed by atoms with E-state index in [-0.39, 0.29) is 17.8 Å². The SMILES string of the molecule is C[C@H](c1nc2ccccc2s1)N(C)C(=O)/C=C/c1ccccc1F. The number of halogens is 1. The minimum absolute atomic E-state index is 0.153. The highest BCUT2D eigenvalue weighted by atomic mass is 32.1. The van der Waals surface area contributed by atoms with Crippen LogP contribution in [0.2, 0.25) is 0 Å². The Kier molecular flexibility index (Phi) is 4.71. The molecule has 0 aliphatic rings. The molecule has 24 heavy (non-hydrogen) atoms. The lowest BCUT2D eigenvalue weighted by atomic mass is 10.2. The fourth-order valence-electron chi connectivity index (χ4n) is 2.31. The van der Waals surface area contributed by atoms with E-state index in [4.69, 9.17) is 0 Å². The van der Waals surface area contributed by atoms with E-state index in [1.807, 2.05) is 31.2 Å². The van der Waals surface area contributed by atoms with Crippen molar-refractivity contribution in [3.8, 4) is 0 Å². The Morgan fingerprint density at radius 3 is 2.67 bits per heavy atom. The van der Waals surface area contributed by atoms with Crippen LogP contribution in [-0.4, -0.2) is 22.8 Å². The highest BCUT2D eigenvalue weighted by molar-refractivity contribution is 7.18. The number of hydrogen-bond donors (Lipinski definition) is 0. The van der Waals surface area contributed by atoms with Gasteiger partial charge in [0.25, 0.3) is 0 Å². The van der Waals surface area contributed by atoms with E-state index >= 15 is 0 Å². The zero-order chi connectivity index (χ0) is 17.1. The maximum atomic E-state index is 13.6. The molecule has 3 aromatic rings.